The van der Waals surface area contributed by atoms with Crippen LogP contribution in [-0.2, 0) is 4.79 Å². The molecule has 1 saturated heterocycles. The van der Waals surface area contributed by atoms with E-state index in [4.69, 9.17) is 11.6 Å². The molecule has 110 valence electrons. The van der Waals surface area contributed by atoms with E-state index in [2.05, 4.69) is 17.1 Å². The van der Waals surface area contributed by atoms with Crippen molar-refractivity contribution < 1.29 is 9.90 Å². The van der Waals surface area contributed by atoms with E-state index in [1.165, 1.54) is 0 Å². The molecular formula is C15H21ClN2O2. The van der Waals surface area contributed by atoms with Crippen LogP contribution in [0.5, 0.6) is 0 Å². The van der Waals surface area contributed by atoms with Gasteiger partial charge in [-0.3, -0.25) is 0 Å². The van der Waals surface area contributed by atoms with Gasteiger partial charge < -0.3 is 15.3 Å². The largest absolute Gasteiger partial charge is 0.480 e. The molecule has 1 unspecified atom stereocenters. The molecule has 1 heterocycles. The Morgan fingerprint density at radius 3 is 2.80 bits per heavy atom. The number of likely N-dealkylation sites (tertiary alicyclic amines) is 1. The van der Waals surface area contributed by atoms with E-state index in [-0.39, 0.29) is 0 Å². The SMILES string of the molecule is CCN1CCCC(Nc2ccccc2Cl)(C(=O)O)CC1. The number of nitrogens with one attached hydrogen (secondary N) is 1. The van der Waals surface area contributed by atoms with Gasteiger partial charge in [-0.1, -0.05) is 30.7 Å². The summed E-state index contributed by atoms with van der Waals surface area (Å²) in [6.07, 6.45) is 2.07. The number of halogens is 1. The molecule has 0 aliphatic carbocycles. The summed E-state index contributed by atoms with van der Waals surface area (Å²) in [5.41, 5.74) is -0.226. The Bertz CT molecular complexity index is 481. The maximum absolute atomic E-state index is 11.8. The molecule has 0 bridgehead atoms. The Hall–Kier alpha value is -1.26. The van der Waals surface area contributed by atoms with Crippen LogP contribution in [0.1, 0.15) is 26.2 Å². The van der Waals surface area contributed by atoms with Crippen molar-refractivity contribution in [2.75, 3.05) is 25.0 Å². The highest BCUT2D eigenvalue weighted by Gasteiger charge is 2.40. The average molecular weight is 297 g/mol. The number of hydrogen-bond acceptors (Lipinski definition) is 3. The van der Waals surface area contributed by atoms with Crippen LogP contribution >= 0.6 is 11.6 Å². The summed E-state index contributed by atoms with van der Waals surface area (Å²) < 4.78 is 0. The molecule has 1 aromatic carbocycles. The predicted octanol–water partition coefficient (Wildman–Crippen LogP) is 3.08. The Labute approximate surface area is 124 Å². The molecule has 0 spiro atoms. The third kappa shape index (κ3) is 3.25. The van der Waals surface area contributed by atoms with Crippen molar-refractivity contribution in [1.82, 2.24) is 4.90 Å². The van der Waals surface area contributed by atoms with Crippen LogP contribution < -0.4 is 5.32 Å². The zero-order valence-electron chi connectivity index (χ0n) is 11.7. The standard InChI is InChI=1S/C15H21ClN2O2/c1-2-18-10-5-8-15(9-11-18,14(19)20)17-13-7-4-3-6-12(13)16/h3-4,6-7,17H,2,5,8-11H2,1H3,(H,19,20). The first kappa shape index (κ1) is 15.1. The smallest absolute Gasteiger partial charge is 0.329 e. The maximum Gasteiger partial charge on any atom is 0.329 e. The topological polar surface area (TPSA) is 52.6 Å². The third-order valence-electron chi connectivity index (χ3n) is 4.04. The second-order valence-electron chi connectivity index (χ2n) is 5.28. The first-order valence-corrected chi connectivity index (χ1v) is 7.43. The fraction of sp³-hybridized carbons (Fsp3) is 0.533. The van der Waals surface area contributed by atoms with Gasteiger partial charge in [-0.2, -0.15) is 0 Å². The third-order valence-corrected chi connectivity index (χ3v) is 4.37. The van der Waals surface area contributed by atoms with Gasteiger partial charge in [-0.15, -0.1) is 0 Å². The molecular weight excluding hydrogens is 276 g/mol. The van der Waals surface area contributed by atoms with Crippen LogP contribution in [0.4, 0.5) is 5.69 Å². The van der Waals surface area contributed by atoms with Crippen molar-refractivity contribution in [1.29, 1.82) is 0 Å². The van der Waals surface area contributed by atoms with E-state index >= 15 is 0 Å². The normalized spacial score (nSPS) is 24.1. The Balaban J connectivity index is 2.22. The molecule has 5 heteroatoms. The monoisotopic (exact) mass is 296 g/mol. The van der Waals surface area contributed by atoms with Gasteiger partial charge >= 0.3 is 5.97 Å². The van der Waals surface area contributed by atoms with Gasteiger partial charge in [0, 0.05) is 6.54 Å². The van der Waals surface area contributed by atoms with E-state index < -0.39 is 11.5 Å². The van der Waals surface area contributed by atoms with Gasteiger partial charge in [0.05, 0.1) is 10.7 Å². The molecule has 1 atom stereocenters. The molecule has 0 radical (unpaired) electrons. The summed E-state index contributed by atoms with van der Waals surface area (Å²) in [5, 5.41) is 13.4. The fourth-order valence-corrected chi connectivity index (χ4v) is 2.90. The Kier molecular flexibility index (Phi) is 4.89. The van der Waals surface area contributed by atoms with Crippen LogP contribution in [0.15, 0.2) is 24.3 Å². The van der Waals surface area contributed by atoms with Crippen molar-refractivity contribution in [3.8, 4) is 0 Å². The molecule has 0 aromatic heterocycles. The highest BCUT2D eigenvalue weighted by atomic mass is 35.5. The minimum atomic E-state index is -0.922. The molecule has 1 aliphatic rings. The summed E-state index contributed by atoms with van der Waals surface area (Å²) in [6.45, 7) is 4.81. The zero-order chi connectivity index (χ0) is 14.6. The molecule has 1 aromatic rings. The first-order chi connectivity index (χ1) is 9.57. The molecule has 0 amide bonds. The van der Waals surface area contributed by atoms with E-state index in [0.29, 0.717) is 23.6 Å². The molecule has 20 heavy (non-hydrogen) atoms. The highest BCUT2D eigenvalue weighted by molar-refractivity contribution is 6.33. The van der Waals surface area contributed by atoms with Crippen LogP contribution in [0.25, 0.3) is 0 Å². The summed E-state index contributed by atoms with van der Waals surface area (Å²) >= 11 is 6.14. The van der Waals surface area contributed by atoms with Crippen molar-refractivity contribution in [3.05, 3.63) is 29.3 Å². The average Bonchev–Trinajstić information content (AvgIpc) is 2.65. The molecule has 2 rings (SSSR count). The minimum Gasteiger partial charge on any atom is -0.480 e. The van der Waals surface area contributed by atoms with Gasteiger partial charge in [0.15, 0.2) is 0 Å². The quantitative estimate of drug-likeness (QED) is 0.896. The number of para-hydroxylation sites is 1. The second-order valence-corrected chi connectivity index (χ2v) is 5.69. The molecule has 0 saturated carbocycles. The number of nitrogens with zero attached hydrogens (tertiary/aromatic N) is 1. The summed E-state index contributed by atoms with van der Waals surface area (Å²) in [5.74, 6) is -0.796. The number of rotatable bonds is 4. The first-order valence-electron chi connectivity index (χ1n) is 7.06. The van der Waals surface area contributed by atoms with Crippen molar-refractivity contribution in [2.45, 2.75) is 31.7 Å². The van der Waals surface area contributed by atoms with Crippen LogP contribution in [-0.4, -0.2) is 41.1 Å². The van der Waals surface area contributed by atoms with Crippen LogP contribution in [0, 0.1) is 0 Å². The van der Waals surface area contributed by atoms with E-state index in [1.54, 1.807) is 6.07 Å². The number of anilines is 1. The fourth-order valence-electron chi connectivity index (χ4n) is 2.72. The number of benzene rings is 1. The molecule has 1 fully saturated rings. The Morgan fingerprint density at radius 2 is 2.15 bits per heavy atom. The number of aliphatic carboxylic acids is 1. The summed E-state index contributed by atoms with van der Waals surface area (Å²) in [4.78, 5) is 14.1. The highest BCUT2D eigenvalue weighted by Crippen LogP contribution is 2.31. The lowest BCUT2D eigenvalue weighted by atomic mass is 9.90. The second kappa shape index (κ2) is 6.46. The number of hydrogen-bond donors (Lipinski definition) is 2. The van der Waals surface area contributed by atoms with Gasteiger partial charge in [0.2, 0.25) is 0 Å². The van der Waals surface area contributed by atoms with Gasteiger partial charge in [-0.05, 0) is 44.5 Å². The van der Waals surface area contributed by atoms with Gasteiger partial charge in [-0.25, -0.2) is 4.79 Å². The van der Waals surface area contributed by atoms with Gasteiger partial charge in [0.1, 0.15) is 5.54 Å². The zero-order valence-corrected chi connectivity index (χ0v) is 12.5. The summed E-state index contributed by atoms with van der Waals surface area (Å²) in [6, 6.07) is 7.30. The summed E-state index contributed by atoms with van der Waals surface area (Å²) in [7, 11) is 0. The van der Waals surface area contributed by atoms with Crippen LogP contribution in [0.2, 0.25) is 5.02 Å². The maximum atomic E-state index is 11.8. The van der Waals surface area contributed by atoms with E-state index in [9.17, 15) is 9.90 Å². The van der Waals surface area contributed by atoms with Crippen molar-refractivity contribution in [2.24, 2.45) is 0 Å². The molecule has 1 aliphatic heterocycles. The van der Waals surface area contributed by atoms with Crippen molar-refractivity contribution in [3.63, 3.8) is 0 Å². The molecule has 2 N–H and O–H groups in total. The Morgan fingerprint density at radius 1 is 1.40 bits per heavy atom. The number of carboxylic acids is 1. The number of carbonyl (C=O) groups is 1. The number of carboxylic acid groups (broad SMARTS) is 1. The van der Waals surface area contributed by atoms with E-state index in [1.807, 2.05) is 18.2 Å². The molecule has 4 nitrogen and oxygen atoms in total. The van der Waals surface area contributed by atoms with Crippen molar-refractivity contribution >= 4 is 23.3 Å². The lowest BCUT2D eigenvalue weighted by molar-refractivity contribution is -0.142. The predicted molar refractivity (Wildman–Crippen MR) is 81.4 cm³/mol. The minimum absolute atomic E-state index is 0.560. The lowest BCUT2D eigenvalue weighted by Gasteiger charge is -2.31. The van der Waals surface area contributed by atoms with Gasteiger partial charge in [0.25, 0.3) is 0 Å². The van der Waals surface area contributed by atoms with Crippen LogP contribution in [0.3, 0.4) is 0 Å². The lowest BCUT2D eigenvalue weighted by Crippen LogP contribution is -2.47. The van der Waals surface area contributed by atoms with E-state index in [0.717, 1.165) is 26.1 Å².